The van der Waals surface area contributed by atoms with Gasteiger partial charge in [0.1, 0.15) is 0 Å². The lowest BCUT2D eigenvalue weighted by Gasteiger charge is -2.10. The third-order valence-corrected chi connectivity index (χ3v) is 5.27. The fourth-order valence-electron chi connectivity index (χ4n) is 2.87. The number of benzene rings is 2. The molecule has 0 radical (unpaired) electrons. The van der Waals surface area contributed by atoms with Crippen molar-refractivity contribution in [3.05, 3.63) is 71.8 Å². The summed E-state index contributed by atoms with van der Waals surface area (Å²) in [5.74, 6) is 0.973. The first kappa shape index (κ1) is 19.9. The second-order valence-corrected chi connectivity index (χ2v) is 7.67. The van der Waals surface area contributed by atoms with E-state index in [4.69, 9.17) is 0 Å². The van der Waals surface area contributed by atoms with E-state index < -0.39 is 0 Å². The number of hydrogen-bond donors (Lipinski definition) is 1. The summed E-state index contributed by atoms with van der Waals surface area (Å²) in [5, 5.41) is 12.3. The van der Waals surface area contributed by atoms with Crippen molar-refractivity contribution >= 4 is 23.4 Å². The standard InChI is InChI=1S/C22H24N4OS/c1-5-11-26-21(18-8-6-7-15(2)12-18)24-25-22(26)28-14-20(27)23-19-13-16(3)9-10-17(19)4/h5-10,12-13H,1,11,14H2,2-4H3,(H,23,27). The van der Waals surface area contributed by atoms with Gasteiger partial charge in [0.25, 0.3) is 0 Å². The zero-order valence-electron chi connectivity index (χ0n) is 16.4. The summed E-state index contributed by atoms with van der Waals surface area (Å²) in [7, 11) is 0. The third-order valence-electron chi connectivity index (χ3n) is 4.30. The molecule has 1 amide bonds. The van der Waals surface area contributed by atoms with Crippen LogP contribution in [0.15, 0.2) is 60.3 Å². The molecule has 0 aliphatic heterocycles. The summed E-state index contributed by atoms with van der Waals surface area (Å²) < 4.78 is 1.98. The Kier molecular flexibility index (Phi) is 6.31. The molecule has 2 aromatic carbocycles. The van der Waals surface area contributed by atoms with Crippen LogP contribution in [-0.2, 0) is 11.3 Å². The number of hydrogen-bond acceptors (Lipinski definition) is 4. The molecule has 0 saturated carbocycles. The van der Waals surface area contributed by atoms with E-state index in [1.807, 2.05) is 67.8 Å². The fourth-order valence-corrected chi connectivity index (χ4v) is 3.62. The van der Waals surface area contributed by atoms with Crippen molar-refractivity contribution in [2.45, 2.75) is 32.5 Å². The van der Waals surface area contributed by atoms with Gasteiger partial charge in [-0.25, -0.2) is 0 Å². The first-order chi connectivity index (χ1) is 13.5. The number of carbonyl (C=O) groups excluding carboxylic acids is 1. The highest BCUT2D eigenvalue weighted by Crippen LogP contribution is 2.25. The predicted octanol–water partition coefficient (Wildman–Crippen LogP) is 4.79. The quantitative estimate of drug-likeness (QED) is 0.464. The van der Waals surface area contributed by atoms with Crippen LogP contribution in [0, 0.1) is 20.8 Å². The van der Waals surface area contributed by atoms with Crippen molar-refractivity contribution in [2.24, 2.45) is 0 Å². The summed E-state index contributed by atoms with van der Waals surface area (Å²) in [6.45, 7) is 10.5. The van der Waals surface area contributed by atoms with E-state index in [0.29, 0.717) is 11.7 Å². The molecule has 3 rings (SSSR count). The van der Waals surface area contributed by atoms with Crippen molar-refractivity contribution in [1.29, 1.82) is 0 Å². The Bertz CT molecular complexity index is 1010. The summed E-state index contributed by atoms with van der Waals surface area (Å²) in [6.07, 6.45) is 1.81. The average molecular weight is 393 g/mol. The van der Waals surface area contributed by atoms with Gasteiger partial charge in [-0.2, -0.15) is 0 Å². The van der Waals surface area contributed by atoms with Gasteiger partial charge >= 0.3 is 0 Å². The van der Waals surface area contributed by atoms with E-state index in [0.717, 1.165) is 33.8 Å². The van der Waals surface area contributed by atoms with Gasteiger partial charge in [-0.1, -0.05) is 53.7 Å². The van der Waals surface area contributed by atoms with E-state index in [2.05, 4.69) is 28.2 Å². The zero-order valence-corrected chi connectivity index (χ0v) is 17.2. The van der Waals surface area contributed by atoms with Crippen LogP contribution in [0.1, 0.15) is 16.7 Å². The first-order valence-corrected chi connectivity index (χ1v) is 10.1. The molecule has 0 spiro atoms. The van der Waals surface area contributed by atoms with Gasteiger partial charge in [0, 0.05) is 17.8 Å². The maximum absolute atomic E-state index is 12.4. The molecule has 0 aliphatic carbocycles. The van der Waals surface area contributed by atoms with Crippen molar-refractivity contribution < 1.29 is 4.79 Å². The maximum atomic E-state index is 12.4. The monoisotopic (exact) mass is 392 g/mol. The number of rotatable bonds is 7. The van der Waals surface area contributed by atoms with E-state index >= 15 is 0 Å². The summed E-state index contributed by atoms with van der Waals surface area (Å²) >= 11 is 1.37. The van der Waals surface area contributed by atoms with Gasteiger partial charge in [-0.15, -0.1) is 16.8 Å². The lowest BCUT2D eigenvalue weighted by molar-refractivity contribution is -0.113. The molecule has 5 nitrogen and oxygen atoms in total. The molecule has 3 aromatic rings. The normalized spacial score (nSPS) is 10.7. The van der Waals surface area contributed by atoms with Gasteiger partial charge in [0.2, 0.25) is 5.91 Å². The number of aromatic nitrogens is 3. The molecule has 1 heterocycles. The van der Waals surface area contributed by atoms with Crippen LogP contribution in [0.4, 0.5) is 5.69 Å². The van der Waals surface area contributed by atoms with Crippen LogP contribution >= 0.6 is 11.8 Å². The first-order valence-electron chi connectivity index (χ1n) is 9.09. The summed E-state index contributed by atoms with van der Waals surface area (Å²) in [6, 6.07) is 14.2. The van der Waals surface area contributed by atoms with Gasteiger partial charge in [-0.05, 0) is 44.0 Å². The molecule has 0 saturated heterocycles. The van der Waals surface area contributed by atoms with Crippen molar-refractivity contribution in [1.82, 2.24) is 14.8 Å². The summed E-state index contributed by atoms with van der Waals surface area (Å²) in [5.41, 5.74) is 5.16. The number of nitrogens with one attached hydrogen (secondary N) is 1. The number of nitrogens with zero attached hydrogens (tertiary/aromatic N) is 3. The highest BCUT2D eigenvalue weighted by atomic mass is 32.2. The molecule has 1 aromatic heterocycles. The number of carbonyl (C=O) groups is 1. The fraction of sp³-hybridized carbons (Fsp3) is 0.227. The lowest BCUT2D eigenvalue weighted by Crippen LogP contribution is -2.15. The number of anilines is 1. The Balaban J connectivity index is 1.74. The predicted molar refractivity (Wildman–Crippen MR) is 116 cm³/mol. The van der Waals surface area contributed by atoms with Crippen molar-refractivity contribution in [2.75, 3.05) is 11.1 Å². The Morgan fingerprint density at radius 1 is 1.14 bits per heavy atom. The Morgan fingerprint density at radius 2 is 1.93 bits per heavy atom. The highest BCUT2D eigenvalue weighted by Gasteiger charge is 2.15. The minimum atomic E-state index is -0.0658. The van der Waals surface area contributed by atoms with Crippen LogP contribution in [0.5, 0.6) is 0 Å². The molecule has 0 fully saturated rings. The largest absolute Gasteiger partial charge is 0.325 e. The molecule has 1 N–H and O–H groups in total. The van der Waals surface area contributed by atoms with E-state index in [-0.39, 0.29) is 11.7 Å². The maximum Gasteiger partial charge on any atom is 0.234 e. The smallest absolute Gasteiger partial charge is 0.234 e. The van der Waals surface area contributed by atoms with Gasteiger partial charge in [0.05, 0.1) is 5.75 Å². The number of thioether (sulfide) groups is 1. The molecule has 144 valence electrons. The van der Waals surface area contributed by atoms with Crippen LogP contribution in [0.25, 0.3) is 11.4 Å². The number of aryl methyl sites for hydroxylation is 3. The third kappa shape index (κ3) is 4.70. The van der Waals surface area contributed by atoms with Crippen LogP contribution < -0.4 is 5.32 Å². The topological polar surface area (TPSA) is 59.8 Å². The van der Waals surface area contributed by atoms with Crippen LogP contribution in [0.2, 0.25) is 0 Å². The van der Waals surface area contributed by atoms with E-state index in [1.165, 1.54) is 11.8 Å². The molecule has 0 unspecified atom stereocenters. The summed E-state index contributed by atoms with van der Waals surface area (Å²) in [4.78, 5) is 12.4. The Hall–Kier alpha value is -2.86. The van der Waals surface area contributed by atoms with E-state index in [1.54, 1.807) is 0 Å². The Morgan fingerprint density at radius 3 is 2.68 bits per heavy atom. The molecule has 6 heteroatoms. The minimum Gasteiger partial charge on any atom is -0.325 e. The van der Waals surface area contributed by atoms with Gasteiger partial charge in [0.15, 0.2) is 11.0 Å². The molecule has 0 atom stereocenters. The molecule has 0 aliphatic rings. The average Bonchev–Trinajstić information content (AvgIpc) is 3.06. The van der Waals surface area contributed by atoms with E-state index in [9.17, 15) is 4.79 Å². The van der Waals surface area contributed by atoms with Crippen LogP contribution in [0.3, 0.4) is 0 Å². The molecular weight excluding hydrogens is 368 g/mol. The second-order valence-electron chi connectivity index (χ2n) is 6.73. The molecule has 0 bridgehead atoms. The molecule has 28 heavy (non-hydrogen) atoms. The highest BCUT2D eigenvalue weighted by molar-refractivity contribution is 7.99. The number of allylic oxidation sites excluding steroid dienone is 1. The second kappa shape index (κ2) is 8.89. The zero-order chi connectivity index (χ0) is 20.1. The van der Waals surface area contributed by atoms with Crippen LogP contribution in [-0.4, -0.2) is 26.4 Å². The van der Waals surface area contributed by atoms with Gasteiger partial charge < -0.3 is 5.32 Å². The van der Waals surface area contributed by atoms with Crippen molar-refractivity contribution in [3.8, 4) is 11.4 Å². The SMILES string of the molecule is C=CCn1c(SCC(=O)Nc2cc(C)ccc2C)nnc1-c1cccc(C)c1. The van der Waals surface area contributed by atoms with Crippen molar-refractivity contribution in [3.63, 3.8) is 0 Å². The molecular formula is C22H24N4OS. The minimum absolute atomic E-state index is 0.0658. The van der Waals surface area contributed by atoms with Gasteiger partial charge in [-0.3, -0.25) is 9.36 Å². The Labute approximate surface area is 169 Å². The number of amides is 1. The lowest BCUT2D eigenvalue weighted by atomic mass is 10.1.